The van der Waals surface area contributed by atoms with Crippen molar-refractivity contribution < 1.29 is 23.4 Å². The van der Waals surface area contributed by atoms with Crippen molar-refractivity contribution in [3.63, 3.8) is 0 Å². The summed E-state index contributed by atoms with van der Waals surface area (Å²) < 4.78 is 28.3. The minimum Gasteiger partial charge on any atom is -0.481 e. The van der Waals surface area contributed by atoms with Gasteiger partial charge in [-0.1, -0.05) is 67.1 Å². The summed E-state index contributed by atoms with van der Waals surface area (Å²) in [7, 11) is -2.36. The monoisotopic (exact) mass is 614 g/mol. The number of aryl methyl sites for hydroxylation is 3. The number of β-amino-alcohol motifs (C(OH)–C–C–N with tert-alkyl or cyclic N) is 1. The zero-order valence-electron chi connectivity index (χ0n) is 24.9. The second-order valence-electron chi connectivity index (χ2n) is 11.4. The normalized spacial score (nSPS) is 12.9. The van der Waals surface area contributed by atoms with Crippen LogP contribution in [0.2, 0.25) is 5.02 Å². The Bertz CT molecular complexity index is 1440. The third-order valence-corrected chi connectivity index (χ3v) is 9.73. The van der Waals surface area contributed by atoms with Crippen LogP contribution in [0.1, 0.15) is 56.7 Å². The zero-order valence-corrected chi connectivity index (χ0v) is 26.5. The predicted octanol–water partition coefficient (Wildman–Crippen LogP) is 5.96. The largest absolute Gasteiger partial charge is 0.481 e. The Hall–Kier alpha value is -2.75. The molecule has 42 heavy (non-hydrogen) atoms. The molecular weight excluding hydrogens is 572 g/mol. The molecule has 228 valence electrons. The van der Waals surface area contributed by atoms with Gasteiger partial charge in [-0.3, -0.25) is 4.79 Å². The summed E-state index contributed by atoms with van der Waals surface area (Å²) in [6.45, 7) is 6.32. The van der Waals surface area contributed by atoms with Crippen LogP contribution in [0.5, 0.6) is 0 Å². The smallest absolute Gasteiger partial charge is 0.303 e. The van der Waals surface area contributed by atoms with Crippen LogP contribution in [0.15, 0.2) is 71.6 Å². The molecule has 0 heterocycles. The lowest BCUT2D eigenvalue weighted by molar-refractivity contribution is -0.136. The van der Waals surface area contributed by atoms with Gasteiger partial charge in [-0.05, 0) is 86.4 Å². The Kier molecular flexibility index (Phi) is 12.1. The first-order chi connectivity index (χ1) is 19.8. The topological polar surface area (TPSA) is 107 Å². The molecule has 3 N–H and O–H groups in total. The summed E-state index contributed by atoms with van der Waals surface area (Å²) in [4.78, 5) is 11.1. The maximum atomic E-state index is 13.5. The minimum absolute atomic E-state index is 0.0208. The van der Waals surface area contributed by atoms with Gasteiger partial charge in [-0.2, -0.15) is 4.31 Å². The number of halogens is 1. The molecule has 0 bridgehead atoms. The molecule has 3 aromatic rings. The van der Waals surface area contributed by atoms with Gasteiger partial charge < -0.3 is 15.5 Å². The molecule has 0 aliphatic rings. The van der Waals surface area contributed by atoms with E-state index in [2.05, 4.69) is 31.3 Å². The molecule has 3 aromatic carbocycles. The SMILES string of the molecule is CCc1cc(-c2ccc(CCC(=O)O)cc2Cl)ccc1S(=O)(=O)N(C)C[C@H](O)CNC(C)(C)CCCc1ccccc1. The van der Waals surface area contributed by atoms with Crippen LogP contribution >= 0.6 is 11.6 Å². The number of carboxylic acid groups (broad SMARTS) is 1. The first-order valence-electron chi connectivity index (χ1n) is 14.4. The van der Waals surface area contributed by atoms with E-state index in [1.165, 1.54) is 16.9 Å². The molecule has 0 aromatic heterocycles. The van der Waals surface area contributed by atoms with Gasteiger partial charge in [0, 0.05) is 42.7 Å². The number of carbonyl (C=O) groups is 1. The van der Waals surface area contributed by atoms with Gasteiger partial charge in [0.25, 0.3) is 0 Å². The Balaban J connectivity index is 1.62. The van der Waals surface area contributed by atoms with Crippen molar-refractivity contribution in [1.82, 2.24) is 9.62 Å². The molecule has 0 aliphatic carbocycles. The van der Waals surface area contributed by atoms with Crippen LogP contribution in [0, 0.1) is 0 Å². The van der Waals surface area contributed by atoms with Crippen LogP contribution in [0.3, 0.4) is 0 Å². The summed E-state index contributed by atoms with van der Waals surface area (Å²) in [5.41, 5.74) is 4.10. The molecule has 0 saturated heterocycles. The van der Waals surface area contributed by atoms with Gasteiger partial charge in [-0.25, -0.2) is 8.42 Å². The van der Waals surface area contributed by atoms with Crippen molar-refractivity contribution in [2.24, 2.45) is 0 Å². The maximum absolute atomic E-state index is 13.5. The van der Waals surface area contributed by atoms with E-state index < -0.39 is 22.1 Å². The van der Waals surface area contributed by atoms with E-state index in [9.17, 15) is 18.3 Å². The molecule has 0 amide bonds. The van der Waals surface area contributed by atoms with E-state index >= 15 is 0 Å². The highest BCUT2D eigenvalue weighted by atomic mass is 35.5. The summed E-state index contributed by atoms with van der Waals surface area (Å²) in [6.07, 6.45) is 2.93. The second kappa shape index (κ2) is 15.1. The number of likely N-dealkylation sites (N-methyl/N-ethyl adjacent to an activating group) is 1. The van der Waals surface area contributed by atoms with Crippen LogP contribution in [-0.4, -0.2) is 60.7 Å². The van der Waals surface area contributed by atoms with Gasteiger partial charge >= 0.3 is 5.97 Å². The number of rotatable bonds is 16. The van der Waals surface area contributed by atoms with Gasteiger partial charge in [-0.15, -0.1) is 0 Å². The molecule has 3 rings (SSSR count). The number of benzene rings is 3. The van der Waals surface area contributed by atoms with Crippen molar-refractivity contribution in [1.29, 1.82) is 0 Å². The molecule has 7 nitrogen and oxygen atoms in total. The molecule has 0 spiro atoms. The minimum atomic E-state index is -3.85. The highest BCUT2D eigenvalue weighted by molar-refractivity contribution is 7.89. The van der Waals surface area contributed by atoms with Crippen LogP contribution in [0.4, 0.5) is 0 Å². The summed E-state index contributed by atoms with van der Waals surface area (Å²) in [5, 5.41) is 23.5. The summed E-state index contributed by atoms with van der Waals surface area (Å²) >= 11 is 6.52. The number of sulfonamides is 1. The van der Waals surface area contributed by atoms with E-state index in [1.54, 1.807) is 18.2 Å². The molecule has 0 fully saturated rings. The van der Waals surface area contributed by atoms with Crippen molar-refractivity contribution in [3.8, 4) is 11.1 Å². The predicted molar refractivity (Wildman–Crippen MR) is 170 cm³/mol. The van der Waals surface area contributed by atoms with E-state index in [1.807, 2.05) is 43.3 Å². The van der Waals surface area contributed by atoms with E-state index in [0.717, 1.165) is 36.0 Å². The molecule has 0 radical (unpaired) electrons. The van der Waals surface area contributed by atoms with Crippen molar-refractivity contribution in [2.45, 2.75) is 75.8 Å². The van der Waals surface area contributed by atoms with Crippen LogP contribution in [-0.2, 0) is 34.1 Å². The number of aliphatic carboxylic acids is 1. The van der Waals surface area contributed by atoms with Crippen LogP contribution < -0.4 is 5.32 Å². The van der Waals surface area contributed by atoms with E-state index in [-0.39, 0.29) is 29.9 Å². The fraction of sp³-hybridized carbons (Fsp3) is 0.424. The van der Waals surface area contributed by atoms with Gasteiger partial charge in [0.15, 0.2) is 0 Å². The van der Waals surface area contributed by atoms with Gasteiger partial charge in [0.2, 0.25) is 10.0 Å². The number of nitrogens with one attached hydrogen (secondary N) is 1. The molecule has 0 unspecified atom stereocenters. The number of nitrogens with zero attached hydrogens (tertiary/aromatic N) is 1. The first kappa shape index (κ1) is 33.7. The summed E-state index contributed by atoms with van der Waals surface area (Å²) in [5.74, 6) is -0.869. The molecule has 0 aliphatic heterocycles. The molecular formula is C33H43ClN2O5S. The standard InChI is InChI=1S/C33H43ClN2O5S/c1-5-26-21-27(29-16-13-25(20-30(29)34)14-18-32(38)39)15-17-31(26)42(40,41)36(4)23-28(37)22-35-33(2,3)19-9-12-24-10-7-6-8-11-24/h6-8,10-11,13,15-17,20-21,28,35,37H,5,9,12,14,18-19,22-23H2,1-4H3,(H,38,39)/t28-/m1/s1. The number of aliphatic hydroxyl groups is 1. The Morgan fingerprint density at radius 2 is 1.74 bits per heavy atom. The molecule has 1 atom stereocenters. The third kappa shape index (κ3) is 9.64. The Morgan fingerprint density at radius 1 is 1.02 bits per heavy atom. The lowest BCUT2D eigenvalue weighted by Crippen LogP contribution is -2.46. The average Bonchev–Trinajstić information content (AvgIpc) is 2.95. The zero-order chi connectivity index (χ0) is 30.9. The fourth-order valence-corrected chi connectivity index (χ4v) is 6.75. The highest BCUT2D eigenvalue weighted by Crippen LogP contribution is 2.32. The van der Waals surface area contributed by atoms with Crippen molar-refractivity contribution in [2.75, 3.05) is 20.1 Å². The maximum Gasteiger partial charge on any atom is 0.303 e. The van der Waals surface area contributed by atoms with E-state index in [0.29, 0.717) is 23.4 Å². The first-order valence-corrected chi connectivity index (χ1v) is 16.2. The quantitative estimate of drug-likeness (QED) is 0.184. The van der Waals surface area contributed by atoms with Crippen molar-refractivity contribution >= 4 is 27.6 Å². The average molecular weight is 615 g/mol. The Labute approximate surface area is 255 Å². The highest BCUT2D eigenvalue weighted by Gasteiger charge is 2.27. The lowest BCUT2D eigenvalue weighted by atomic mass is 9.95. The third-order valence-electron chi connectivity index (χ3n) is 7.50. The lowest BCUT2D eigenvalue weighted by Gasteiger charge is -2.29. The number of hydrogen-bond donors (Lipinski definition) is 3. The summed E-state index contributed by atoms with van der Waals surface area (Å²) in [6, 6.07) is 20.9. The van der Waals surface area contributed by atoms with Crippen LogP contribution in [0.25, 0.3) is 11.1 Å². The van der Waals surface area contributed by atoms with Crippen molar-refractivity contribution in [3.05, 3.63) is 88.4 Å². The van der Waals surface area contributed by atoms with Gasteiger partial charge in [0.1, 0.15) is 0 Å². The molecule has 0 saturated carbocycles. The second-order valence-corrected chi connectivity index (χ2v) is 13.8. The van der Waals surface area contributed by atoms with E-state index in [4.69, 9.17) is 16.7 Å². The molecule has 9 heteroatoms. The Morgan fingerprint density at radius 3 is 2.38 bits per heavy atom. The fourth-order valence-electron chi connectivity index (χ4n) is 4.96. The van der Waals surface area contributed by atoms with Gasteiger partial charge in [0.05, 0.1) is 11.0 Å². The number of carboxylic acids is 1. The number of aliphatic hydroxyl groups excluding tert-OH is 1. The number of hydrogen-bond acceptors (Lipinski definition) is 5.